The Morgan fingerprint density at radius 1 is 0.875 bits per heavy atom. The van der Waals surface area contributed by atoms with Gasteiger partial charge in [0.1, 0.15) is 5.75 Å². The molecule has 0 aliphatic heterocycles. The zero-order chi connectivity index (χ0) is 11.0. The summed E-state index contributed by atoms with van der Waals surface area (Å²) in [6.45, 7) is 0. The average Bonchev–Trinajstić information content (AvgIpc) is 2.38. The Kier molecular flexibility index (Phi) is 2.17. The van der Waals surface area contributed by atoms with E-state index in [4.69, 9.17) is 4.74 Å². The Balaban J connectivity index is 2.18. The molecule has 0 radical (unpaired) electrons. The first-order chi connectivity index (χ1) is 7.88. The van der Waals surface area contributed by atoms with Crippen LogP contribution in [0.2, 0.25) is 0 Å². The lowest BCUT2D eigenvalue weighted by Gasteiger charge is -2.20. The van der Waals surface area contributed by atoms with Crippen molar-refractivity contribution in [3.05, 3.63) is 53.6 Å². The quantitative estimate of drug-likeness (QED) is 0.700. The van der Waals surface area contributed by atoms with Crippen molar-refractivity contribution >= 4 is 0 Å². The number of hydrogen-bond acceptors (Lipinski definition) is 1. The van der Waals surface area contributed by atoms with Crippen LogP contribution < -0.4 is 4.74 Å². The van der Waals surface area contributed by atoms with Crippen molar-refractivity contribution in [1.29, 1.82) is 0 Å². The lowest BCUT2D eigenvalue weighted by Crippen LogP contribution is -2.03. The second kappa shape index (κ2) is 3.67. The lowest BCUT2D eigenvalue weighted by atomic mass is 9.86. The fourth-order valence-corrected chi connectivity index (χ4v) is 2.44. The largest absolute Gasteiger partial charge is 0.497 e. The van der Waals surface area contributed by atoms with Gasteiger partial charge in [-0.1, -0.05) is 30.3 Å². The van der Waals surface area contributed by atoms with E-state index >= 15 is 0 Å². The van der Waals surface area contributed by atoms with E-state index in [0.717, 1.165) is 18.6 Å². The first-order valence-electron chi connectivity index (χ1n) is 5.63. The number of ether oxygens (including phenoxy) is 1. The highest BCUT2D eigenvalue weighted by Gasteiger charge is 2.15. The van der Waals surface area contributed by atoms with Gasteiger partial charge in [0.25, 0.3) is 0 Å². The molecule has 0 aromatic heterocycles. The van der Waals surface area contributed by atoms with Crippen LogP contribution in [0.5, 0.6) is 5.75 Å². The van der Waals surface area contributed by atoms with Crippen LogP contribution in [0.15, 0.2) is 42.5 Å². The SMILES string of the molecule is COc1ccc2c(c1)CCc1ccccc1-2. The molecule has 0 fully saturated rings. The summed E-state index contributed by atoms with van der Waals surface area (Å²) in [6.07, 6.45) is 2.25. The third kappa shape index (κ3) is 1.40. The van der Waals surface area contributed by atoms with Crippen molar-refractivity contribution < 1.29 is 4.74 Å². The molecule has 0 N–H and O–H groups in total. The van der Waals surface area contributed by atoms with Crippen LogP contribution in [0, 0.1) is 0 Å². The number of hydrogen-bond donors (Lipinski definition) is 0. The van der Waals surface area contributed by atoms with Crippen molar-refractivity contribution in [2.75, 3.05) is 7.11 Å². The third-order valence-electron chi connectivity index (χ3n) is 3.28. The van der Waals surface area contributed by atoms with Crippen LogP contribution in [0.3, 0.4) is 0 Å². The molecule has 16 heavy (non-hydrogen) atoms. The monoisotopic (exact) mass is 210 g/mol. The van der Waals surface area contributed by atoms with E-state index in [9.17, 15) is 0 Å². The van der Waals surface area contributed by atoms with E-state index in [1.54, 1.807) is 7.11 Å². The van der Waals surface area contributed by atoms with Gasteiger partial charge >= 0.3 is 0 Å². The van der Waals surface area contributed by atoms with E-state index in [2.05, 4.69) is 36.4 Å². The minimum absolute atomic E-state index is 0.957. The standard InChI is InChI=1S/C15H14O/c1-16-13-8-9-15-12(10-13)7-6-11-4-2-3-5-14(11)15/h2-5,8-10H,6-7H2,1H3. The topological polar surface area (TPSA) is 9.23 Å². The molecule has 0 atom stereocenters. The summed E-state index contributed by atoms with van der Waals surface area (Å²) < 4.78 is 5.27. The fraction of sp³-hybridized carbons (Fsp3) is 0.200. The molecule has 1 heteroatoms. The van der Waals surface area contributed by atoms with Gasteiger partial charge in [-0.3, -0.25) is 0 Å². The fourth-order valence-electron chi connectivity index (χ4n) is 2.44. The van der Waals surface area contributed by atoms with Crippen LogP contribution in [-0.2, 0) is 12.8 Å². The van der Waals surface area contributed by atoms with Gasteiger partial charge in [-0.2, -0.15) is 0 Å². The van der Waals surface area contributed by atoms with Crippen molar-refractivity contribution in [3.8, 4) is 16.9 Å². The zero-order valence-corrected chi connectivity index (χ0v) is 9.36. The summed E-state index contributed by atoms with van der Waals surface area (Å²) in [7, 11) is 1.72. The van der Waals surface area contributed by atoms with E-state index in [1.165, 1.54) is 22.3 Å². The molecule has 2 aromatic rings. The maximum Gasteiger partial charge on any atom is 0.119 e. The molecule has 0 amide bonds. The first-order valence-corrected chi connectivity index (χ1v) is 5.63. The van der Waals surface area contributed by atoms with Crippen LogP contribution in [-0.4, -0.2) is 7.11 Å². The van der Waals surface area contributed by atoms with Gasteiger partial charge < -0.3 is 4.74 Å². The minimum atomic E-state index is 0.957. The Morgan fingerprint density at radius 2 is 1.62 bits per heavy atom. The number of aryl methyl sites for hydroxylation is 2. The molecular formula is C15H14O. The number of benzene rings is 2. The van der Waals surface area contributed by atoms with E-state index in [1.807, 2.05) is 6.07 Å². The molecule has 3 rings (SSSR count). The molecule has 2 aromatic carbocycles. The maximum absolute atomic E-state index is 5.27. The van der Waals surface area contributed by atoms with E-state index in [-0.39, 0.29) is 0 Å². The Hall–Kier alpha value is -1.76. The van der Waals surface area contributed by atoms with Crippen molar-refractivity contribution in [2.45, 2.75) is 12.8 Å². The summed E-state index contributed by atoms with van der Waals surface area (Å²) in [5.74, 6) is 0.957. The predicted molar refractivity (Wildman–Crippen MR) is 65.8 cm³/mol. The molecule has 0 spiro atoms. The Bertz CT molecular complexity index is 529. The van der Waals surface area contributed by atoms with Gasteiger partial charge in [-0.15, -0.1) is 0 Å². The van der Waals surface area contributed by atoms with Gasteiger partial charge in [-0.25, -0.2) is 0 Å². The molecule has 0 saturated carbocycles. The summed E-state index contributed by atoms with van der Waals surface area (Å²) in [5, 5.41) is 0. The molecule has 0 unspecified atom stereocenters. The van der Waals surface area contributed by atoms with Crippen LogP contribution in [0.4, 0.5) is 0 Å². The van der Waals surface area contributed by atoms with Gasteiger partial charge in [0, 0.05) is 0 Å². The van der Waals surface area contributed by atoms with Crippen LogP contribution in [0.1, 0.15) is 11.1 Å². The molecule has 0 bridgehead atoms. The summed E-state index contributed by atoms with van der Waals surface area (Å²) in [6, 6.07) is 15.0. The van der Waals surface area contributed by atoms with Crippen molar-refractivity contribution in [2.24, 2.45) is 0 Å². The smallest absolute Gasteiger partial charge is 0.119 e. The second-order valence-electron chi connectivity index (χ2n) is 4.18. The minimum Gasteiger partial charge on any atom is -0.497 e. The lowest BCUT2D eigenvalue weighted by molar-refractivity contribution is 0.414. The molecule has 80 valence electrons. The normalized spacial score (nSPS) is 12.8. The Morgan fingerprint density at radius 3 is 2.50 bits per heavy atom. The average molecular weight is 210 g/mol. The highest BCUT2D eigenvalue weighted by atomic mass is 16.5. The number of rotatable bonds is 1. The maximum atomic E-state index is 5.27. The van der Waals surface area contributed by atoms with Gasteiger partial charge in [0.15, 0.2) is 0 Å². The highest BCUT2D eigenvalue weighted by molar-refractivity contribution is 5.73. The molecule has 0 heterocycles. The van der Waals surface area contributed by atoms with Gasteiger partial charge in [0.2, 0.25) is 0 Å². The van der Waals surface area contributed by atoms with Crippen LogP contribution >= 0.6 is 0 Å². The summed E-state index contributed by atoms with van der Waals surface area (Å²) in [4.78, 5) is 0. The summed E-state index contributed by atoms with van der Waals surface area (Å²) >= 11 is 0. The van der Waals surface area contributed by atoms with Crippen molar-refractivity contribution in [1.82, 2.24) is 0 Å². The summed E-state index contributed by atoms with van der Waals surface area (Å²) in [5.41, 5.74) is 5.60. The molecular weight excluding hydrogens is 196 g/mol. The van der Waals surface area contributed by atoms with E-state index < -0.39 is 0 Å². The number of methoxy groups -OCH3 is 1. The third-order valence-corrected chi connectivity index (χ3v) is 3.28. The number of fused-ring (bicyclic) bond motifs is 3. The molecule has 1 aliphatic rings. The zero-order valence-electron chi connectivity index (χ0n) is 9.36. The molecule has 0 saturated heterocycles. The molecule has 1 aliphatic carbocycles. The Labute approximate surface area is 95.7 Å². The second-order valence-corrected chi connectivity index (χ2v) is 4.18. The predicted octanol–water partition coefficient (Wildman–Crippen LogP) is 3.46. The van der Waals surface area contributed by atoms with Gasteiger partial charge in [0.05, 0.1) is 7.11 Å². The van der Waals surface area contributed by atoms with Crippen molar-refractivity contribution in [3.63, 3.8) is 0 Å². The first kappa shape index (κ1) is 9.46. The molecule has 1 nitrogen and oxygen atoms in total. The van der Waals surface area contributed by atoms with Crippen LogP contribution in [0.25, 0.3) is 11.1 Å². The highest BCUT2D eigenvalue weighted by Crippen LogP contribution is 2.34. The van der Waals surface area contributed by atoms with Gasteiger partial charge in [-0.05, 0) is 47.2 Å². The van der Waals surface area contributed by atoms with E-state index in [0.29, 0.717) is 0 Å².